The highest BCUT2D eigenvalue weighted by Gasteiger charge is 2.26. The molecule has 0 spiro atoms. The maximum atomic E-state index is 6.13. The standard InChI is InChI=1S/C13H27NO/c1-4-8-11(3)15-13-10-7-6-9-12(13)14-5-2/h11-14H,4-10H2,1-3H3. The summed E-state index contributed by atoms with van der Waals surface area (Å²) in [6.45, 7) is 7.68. The molecule has 0 aliphatic heterocycles. The highest BCUT2D eigenvalue weighted by atomic mass is 16.5. The first-order chi connectivity index (χ1) is 7.27. The van der Waals surface area contributed by atoms with Crippen molar-refractivity contribution < 1.29 is 4.74 Å². The molecule has 0 aromatic heterocycles. The molecular weight excluding hydrogens is 186 g/mol. The fourth-order valence-corrected chi connectivity index (χ4v) is 2.53. The summed E-state index contributed by atoms with van der Waals surface area (Å²) in [6, 6.07) is 0.600. The molecule has 2 nitrogen and oxygen atoms in total. The van der Waals surface area contributed by atoms with Crippen molar-refractivity contribution in [2.45, 2.75) is 77.5 Å². The topological polar surface area (TPSA) is 21.3 Å². The molecule has 1 saturated carbocycles. The average molecular weight is 213 g/mol. The van der Waals surface area contributed by atoms with Gasteiger partial charge in [-0.1, -0.05) is 33.1 Å². The van der Waals surface area contributed by atoms with Crippen LogP contribution in [0.4, 0.5) is 0 Å². The van der Waals surface area contributed by atoms with Crippen molar-refractivity contribution in [3.63, 3.8) is 0 Å². The molecule has 0 radical (unpaired) electrons. The zero-order valence-electron chi connectivity index (χ0n) is 10.6. The number of likely N-dealkylation sites (N-methyl/N-ethyl adjacent to an activating group) is 1. The van der Waals surface area contributed by atoms with Crippen LogP contribution in [0.15, 0.2) is 0 Å². The summed E-state index contributed by atoms with van der Waals surface area (Å²) in [4.78, 5) is 0. The Bertz CT molecular complexity index is 159. The van der Waals surface area contributed by atoms with E-state index in [0.29, 0.717) is 18.2 Å². The number of hydrogen-bond donors (Lipinski definition) is 1. The van der Waals surface area contributed by atoms with Gasteiger partial charge in [-0.15, -0.1) is 0 Å². The van der Waals surface area contributed by atoms with Gasteiger partial charge in [0.15, 0.2) is 0 Å². The van der Waals surface area contributed by atoms with Crippen LogP contribution in [0, 0.1) is 0 Å². The van der Waals surface area contributed by atoms with Gasteiger partial charge < -0.3 is 10.1 Å². The normalized spacial score (nSPS) is 29.0. The first kappa shape index (κ1) is 13.0. The number of rotatable bonds is 6. The summed E-state index contributed by atoms with van der Waals surface area (Å²) in [7, 11) is 0. The predicted molar refractivity (Wildman–Crippen MR) is 65.2 cm³/mol. The first-order valence-corrected chi connectivity index (χ1v) is 6.66. The highest BCUT2D eigenvalue weighted by Crippen LogP contribution is 2.23. The van der Waals surface area contributed by atoms with Crippen molar-refractivity contribution in [3.05, 3.63) is 0 Å². The molecule has 0 bridgehead atoms. The third-order valence-corrected chi connectivity index (χ3v) is 3.27. The first-order valence-electron chi connectivity index (χ1n) is 6.66. The Morgan fingerprint density at radius 2 is 2.00 bits per heavy atom. The van der Waals surface area contributed by atoms with Crippen LogP contribution >= 0.6 is 0 Å². The molecule has 0 aromatic carbocycles. The lowest BCUT2D eigenvalue weighted by Crippen LogP contribution is -2.44. The van der Waals surface area contributed by atoms with Crippen LogP contribution < -0.4 is 5.32 Å². The van der Waals surface area contributed by atoms with Crippen molar-refractivity contribution in [1.29, 1.82) is 0 Å². The molecule has 2 heteroatoms. The number of ether oxygens (including phenoxy) is 1. The van der Waals surface area contributed by atoms with Crippen molar-refractivity contribution >= 4 is 0 Å². The predicted octanol–water partition coefficient (Wildman–Crippen LogP) is 3.11. The summed E-state index contributed by atoms with van der Waals surface area (Å²) in [6.07, 6.45) is 8.53. The molecular formula is C13H27NO. The lowest BCUT2D eigenvalue weighted by molar-refractivity contribution is -0.0416. The Kier molecular flexibility index (Phi) is 6.26. The van der Waals surface area contributed by atoms with Gasteiger partial charge >= 0.3 is 0 Å². The lowest BCUT2D eigenvalue weighted by atomic mass is 9.92. The fourth-order valence-electron chi connectivity index (χ4n) is 2.53. The molecule has 1 N–H and O–H groups in total. The molecule has 1 fully saturated rings. The molecule has 1 aliphatic carbocycles. The summed E-state index contributed by atoms with van der Waals surface area (Å²) in [5.41, 5.74) is 0. The van der Waals surface area contributed by atoms with E-state index in [2.05, 4.69) is 26.1 Å². The largest absolute Gasteiger partial charge is 0.374 e. The van der Waals surface area contributed by atoms with Gasteiger partial charge in [0.2, 0.25) is 0 Å². The molecule has 90 valence electrons. The van der Waals surface area contributed by atoms with E-state index in [4.69, 9.17) is 4.74 Å². The third kappa shape index (κ3) is 4.52. The summed E-state index contributed by atoms with van der Waals surface area (Å²) in [5.74, 6) is 0. The van der Waals surface area contributed by atoms with E-state index in [1.807, 2.05) is 0 Å². The second kappa shape index (κ2) is 7.24. The second-order valence-corrected chi connectivity index (χ2v) is 4.72. The summed E-state index contributed by atoms with van der Waals surface area (Å²) < 4.78 is 6.13. The van der Waals surface area contributed by atoms with Gasteiger partial charge in [0.25, 0.3) is 0 Å². The van der Waals surface area contributed by atoms with E-state index in [0.717, 1.165) is 6.54 Å². The quantitative estimate of drug-likeness (QED) is 0.732. The van der Waals surface area contributed by atoms with Gasteiger partial charge in [-0.25, -0.2) is 0 Å². The molecule has 15 heavy (non-hydrogen) atoms. The van der Waals surface area contributed by atoms with Crippen LogP contribution in [0.2, 0.25) is 0 Å². The molecule has 1 rings (SSSR count). The van der Waals surface area contributed by atoms with Crippen LogP contribution in [-0.2, 0) is 4.74 Å². The maximum absolute atomic E-state index is 6.13. The van der Waals surface area contributed by atoms with E-state index >= 15 is 0 Å². The van der Waals surface area contributed by atoms with Crippen molar-refractivity contribution in [2.24, 2.45) is 0 Å². The van der Waals surface area contributed by atoms with Crippen molar-refractivity contribution in [3.8, 4) is 0 Å². The highest BCUT2D eigenvalue weighted by molar-refractivity contribution is 4.82. The van der Waals surface area contributed by atoms with Gasteiger partial charge in [0.05, 0.1) is 12.2 Å². The Morgan fingerprint density at radius 3 is 2.67 bits per heavy atom. The Labute approximate surface area is 94.8 Å². The van der Waals surface area contributed by atoms with E-state index in [-0.39, 0.29) is 0 Å². The minimum absolute atomic E-state index is 0.430. The van der Waals surface area contributed by atoms with Crippen LogP contribution in [-0.4, -0.2) is 24.8 Å². The van der Waals surface area contributed by atoms with Gasteiger partial charge in [-0.05, 0) is 32.7 Å². The molecule has 0 saturated heterocycles. The van der Waals surface area contributed by atoms with Gasteiger partial charge in [-0.2, -0.15) is 0 Å². The fraction of sp³-hybridized carbons (Fsp3) is 1.00. The Balaban J connectivity index is 2.34. The minimum Gasteiger partial charge on any atom is -0.374 e. The van der Waals surface area contributed by atoms with Gasteiger partial charge in [-0.3, -0.25) is 0 Å². The van der Waals surface area contributed by atoms with E-state index < -0.39 is 0 Å². The maximum Gasteiger partial charge on any atom is 0.0731 e. The van der Waals surface area contributed by atoms with Crippen LogP contribution in [0.5, 0.6) is 0 Å². The van der Waals surface area contributed by atoms with Gasteiger partial charge in [0, 0.05) is 6.04 Å². The van der Waals surface area contributed by atoms with Crippen LogP contribution in [0.25, 0.3) is 0 Å². The monoisotopic (exact) mass is 213 g/mol. The van der Waals surface area contributed by atoms with Crippen LogP contribution in [0.3, 0.4) is 0 Å². The second-order valence-electron chi connectivity index (χ2n) is 4.72. The van der Waals surface area contributed by atoms with E-state index in [1.165, 1.54) is 38.5 Å². The lowest BCUT2D eigenvalue weighted by Gasteiger charge is -2.34. The van der Waals surface area contributed by atoms with Crippen LogP contribution in [0.1, 0.15) is 59.3 Å². The molecule has 3 unspecified atom stereocenters. The number of hydrogen-bond acceptors (Lipinski definition) is 2. The summed E-state index contributed by atoms with van der Waals surface area (Å²) >= 11 is 0. The van der Waals surface area contributed by atoms with E-state index in [9.17, 15) is 0 Å². The van der Waals surface area contributed by atoms with Crippen molar-refractivity contribution in [1.82, 2.24) is 5.32 Å². The molecule has 1 aliphatic rings. The Hall–Kier alpha value is -0.0800. The zero-order valence-corrected chi connectivity index (χ0v) is 10.6. The minimum atomic E-state index is 0.430. The summed E-state index contributed by atoms with van der Waals surface area (Å²) in [5, 5.41) is 3.56. The molecule has 0 amide bonds. The third-order valence-electron chi connectivity index (χ3n) is 3.27. The Morgan fingerprint density at radius 1 is 1.27 bits per heavy atom. The number of nitrogens with one attached hydrogen (secondary N) is 1. The SMILES string of the molecule is CCCC(C)OC1CCCCC1NCC. The molecule has 0 aromatic rings. The molecule has 3 atom stereocenters. The molecule has 0 heterocycles. The zero-order chi connectivity index (χ0) is 11.1. The smallest absolute Gasteiger partial charge is 0.0731 e. The van der Waals surface area contributed by atoms with E-state index in [1.54, 1.807) is 0 Å². The van der Waals surface area contributed by atoms with Crippen molar-refractivity contribution in [2.75, 3.05) is 6.54 Å². The van der Waals surface area contributed by atoms with Gasteiger partial charge in [0.1, 0.15) is 0 Å². The average Bonchev–Trinajstić information content (AvgIpc) is 2.21.